The van der Waals surface area contributed by atoms with E-state index in [1.54, 1.807) is 12.3 Å². The Bertz CT molecular complexity index is 573. The number of pyridine rings is 1. The van der Waals surface area contributed by atoms with E-state index >= 15 is 0 Å². The standard InChI is InChI=1S/C14H12ClNO2/c1-9-3-12(15)4-10(2)14(9)18-13-5-11(8-17)6-16-7-13/h3-8H,1-2H3. The summed E-state index contributed by atoms with van der Waals surface area (Å²) in [5.41, 5.74) is 2.37. The third kappa shape index (κ3) is 2.68. The van der Waals surface area contributed by atoms with E-state index in [2.05, 4.69) is 4.98 Å². The molecular formula is C14H12ClNO2. The van der Waals surface area contributed by atoms with Gasteiger partial charge in [-0.3, -0.25) is 9.78 Å². The number of aryl methyl sites for hydroxylation is 2. The summed E-state index contributed by atoms with van der Waals surface area (Å²) in [7, 11) is 0. The molecule has 0 radical (unpaired) electrons. The van der Waals surface area contributed by atoms with Crippen LogP contribution in [0, 0.1) is 13.8 Å². The molecule has 1 aromatic heterocycles. The van der Waals surface area contributed by atoms with Crippen LogP contribution >= 0.6 is 11.6 Å². The van der Waals surface area contributed by atoms with Gasteiger partial charge in [-0.25, -0.2) is 0 Å². The topological polar surface area (TPSA) is 39.2 Å². The zero-order chi connectivity index (χ0) is 13.1. The van der Waals surface area contributed by atoms with Crippen molar-refractivity contribution in [2.75, 3.05) is 0 Å². The van der Waals surface area contributed by atoms with Crippen molar-refractivity contribution in [1.29, 1.82) is 0 Å². The second kappa shape index (κ2) is 5.19. The van der Waals surface area contributed by atoms with Crippen LogP contribution in [0.5, 0.6) is 11.5 Å². The summed E-state index contributed by atoms with van der Waals surface area (Å²) >= 11 is 5.96. The van der Waals surface area contributed by atoms with Gasteiger partial charge in [-0.2, -0.15) is 0 Å². The molecule has 92 valence electrons. The van der Waals surface area contributed by atoms with Crippen molar-refractivity contribution in [2.24, 2.45) is 0 Å². The Morgan fingerprint density at radius 1 is 1.17 bits per heavy atom. The van der Waals surface area contributed by atoms with Crippen LogP contribution in [0.2, 0.25) is 5.02 Å². The molecule has 4 heteroatoms. The quantitative estimate of drug-likeness (QED) is 0.785. The van der Waals surface area contributed by atoms with E-state index < -0.39 is 0 Å². The number of aldehydes is 1. The first-order chi connectivity index (χ1) is 8.60. The molecule has 18 heavy (non-hydrogen) atoms. The maximum Gasteiger partial charge on any atom is 0.151 e. The second-order valence-electron chi connectivity index (χ2n) is 4.04. The number of aromatic nitrogens is 1. The Kier molecular flexibility index (Phi) is 3.63. The van der Waals surface area contributed by atoms with Crippen LogP contribution < -0.4 is 4.74 Å². The molecule has 0 aliphatic heterocycles. The van der Waals surface area contributed by atoms with E-state index in [-0.39, 0.29) is 0 Å². The average Bonchev–Trinajstić information content (AvgIpc) is 2.34. The van der Waals surface area contributed by atoms with Crippen LogP contribution in [0.15, 0.2) is 30.6 Å². The van der Waals surface area contributed by atoms with Gasteiger partial charge in [-0.05, 0) is 43.2 Å². The Hall–Kier alpha value is -1.87. The van der Waals surface area contributed by atoms with Crippen LogP contribution in [0.3, 0.4) is 0 Å². The van der Waals surface area contributed by atoms with E-state index in [0.29, 0.717) is 16.3 Å². The Labute approximate surface area is 110 Å². The summed E-state index contributed by atoms with van der Waals surface area (Å²) in [5, 5.41) is 0.678. The first kappa shape index (κ1) is 12.6. The van der Waals surface area contributed by atoms with Gasteiger partial charge < -0.3 is 4.74 Å². The molecule has 0 aliphatic carbocycles. The molecule has 0 amide bonds. The van der Waals surface area contributed by atoms with Crippen molar-refractivity contribution < 1.29 is 9.53 Å². The molecule has 3 nitrogen and oxygen atoms in total. The summed E-state index contributed by atoms with van der Waals surface area (Å²) in [6.07, 6.45) is 3.79. The number of halogens is 1. The Morgan fingerprint density at radius 2 is 1.83 bits per heavy atom. The van der Waals surface area contributed by atoms with Gasteiger partial charge >= 0.3 is 0 Å². The van der Waals surface area contributed by atoms with Gasteiger partial charge in [0.05, 0.1) is 6.20 Å². The Balaban J connectivity index is 2.36. The van der Waals surface area contributed by atoms with Crippen LogP contribution in [0.1, 0.15) is 21.5 Å². The summed E-state index contributed by atoms with van der Waals surface area (Å²) in [6.45, 7) is 3.84. The predicted molar refractivity (Wildman–Crippen MR) is 70.6 cm³/mol. The number of hydrogen-bond donors (Lipinski definition) is 0. The SMILES string of the molecule is Cc1cc(Cl)cc(C)c1Oc1cncc(C=O)c1. The molecule has 0 spiro atoms. The highest BCUT2D eigenvalue weighted by atomic mass is 35.5. The van der Waals surface area contributed by atoms with E-state index in [1.807, 2.05) is 26.0 Å². The summed E-state index contributed by atoms with van der Waals surface area (Å²) < 4.78 is 5.76. The van der Waals surface area contributed by atoms with Crippen molar-refractivity contribution in [3.05, 3.63) is 52.3 Å². The van der Waals surface area contributed by atoms with Gasteiger partial charge in [-0.1, -0.05) is 11.6 Å². The second-order valence-corrected chi connectivity index (χ2v) is 4.48. The molecule has 0 fully saturated rings. The third-order valence-corrected chi connectivity index (χ3v) is 2.73. The smallest absolute Gasteiger partial charge is 0.151 e. The van der Waals surface area contributed by atoms with Crippen LogP contribution in [0.25, 0.3) is 0 Å². The molecule has 0 atom stereocenters. The molecule has 2 aromatic rings. The van der Waals surface area contributed by atoms with Crippen molar-refractivity contribution in [3.8, 4) is 11.5 Å². The zero-order valence-electron chi connectivity index (χ0n) is 10.1. The number of carbonyl (C=O) groups is 1. The van der Waals surface area contributed by atoms with Gasteiger partial charge in [0.1, 0.15) is 11.5 Å². The number of nitrogens with zero attached hydrogens (tertiary/aromatic N) is 1. The highest BCUT2D eigenvalue weighted by Gasteiger charge is 2.07. The van der Waals surface area contributed by atoms with Crippen molar-refractivity contribution in [3.63, 3.8) is 0 Å². The van der Waals surface area contributed by atoms with E-state index in [9.17, 15) is 4.79 Å². The fraction of sp³-hybridized carbons (Fsp3) is 0.143. The molecule has 1 aromatic carbocycles. The molecule has 0 unspecified atom stereocenters. The molecule has 0 N–H and O–H groups in total. The monoisotopic (exact) mass is 261 g/mol. The molecule has 1 heterocycles. The van der Waals surface area contributed by atoms with Gasteiger partial charge in [0.15, 0.2) is 6.29 Å². The fourth-order valence-electron chi connectivity index (χ4n) is 1.73. The number of carbonyl (C=O) groups excluding carboxylic acids is 1. The lowest BCUT2D eigenvalue weighted by atomic mass is 10.1. The zero-order valence-corrected chi connectivity index (χ0v) is 10.9. The number of rotatable bonds is 3. The van der Waals surface area contributed by atoms with Gasteiger partial charge in [0.2, 0.25) is 0 Å². The molecule has 0 saturated carbocycles. The average molecular weight is 262 g/mol. The molecule has 0 aliphatic rings. The first-order valence-corrected chi connectivity index (χ1v) is 5.83. The minimum atomic E-state index is 0.483. The van der Waals surface area contributed by atoms with Gasteiger partial charge in [0, 0.05) is 16.8 Å². The van der Waals surface area contributed by atoms with E-state index in [1.165, 1.54) is 6.20 Å². The summed E-state index contributed by atoms with van der Waals surface area (Å²) in [4.78, 5) is 14.6. The Morgan fingerprint density at radius 3 is 2.44 bits per heavy atom. The maximum atomic E-state index is 10.7. The fourth-order valence-corrected chi connectivity index (χ4v) is 2.06. The lowest BCUT2D eigenvalue weighted by Crippen LogP contribution is -1.93. The predicted octanol–water partition coefficient (Wildman–Crippen LogP) is 3.96. The van der Waals surface area contributed by atoms with Gasteiger partial charge in [-0.15, -0.1) is 0 Å². The molecule has 0 saturated heterocycles. The third-order valence-electron chi connectivity index (χ3n) is 2.52. The largest absolute Gasteiger partial charge is 0.455 e. The molecule has 0 bridgehead atoms. The van der Waals surface area contributed by atoms with Crippen LogP contribution in [-0.4, -0.2) is 11.3 Å². The van der Waals surface area contributed by atoms with E-state index in [4.69, 9.17) is 16.3 Å². The lowest BCUT2D eigenvalue weighted by Gasteiger charge is -2.12. The highest BCUT2D eigenvalue weighted by Crippen LogP contribution is 2.31. The van der Waals surface area contributed by atoms with Crippen LogP contribution in [0.4, 0.5) is 0 Å². The van der Waals surface area contributed by atoms with Crippen molar-refractivity contribution in [1.82, 2.24) is 4.98 Å². The molecular weight excluding hydrogens is 250 g/mol. The number of hydrogen-bond acceptors (Lipinski definition) is 3. The number of ether oxygens (including phenoxy) is 1. The summed E-state index contributed by atoms with van der Waals surface area (Å²) in [6, 6.07) is 5.31. The first-order valence-electron chi connectivity index (χ1n) is 5.45. The van der Waals surface area contributed by atoms with E-state index in [0.717, 1.165) is 23.2 Å². The normalized spacial score (nSPS) is 10.2. The number of benzene rings is 1. The molecule has 2 rings (SSSR count). The maximum absolute atomic E-state index is 10.7. The summed E-state index contributed by atoms with van der Waals surface area (Å²) in [5.74, 6) is 1.28. The minimum Gasteiger partial charge on any atom is -0.455 e. The van der Waals surface area contributed by atoms with Gasteiger partial charge in [0.25, 0.3) is 0 Å². The van der Waals surface area contributed by atoms with Crippen molar-refractivity contribution >= 4 is 17.9 Å². The highest BCUT2D eigenvalue weighted by molar-refractivity contribution is 6.30. The van der Waals surface area contributed by atoms with Crippen molar-refractivity contribution in [2.45, 2.75) is 13.8 Å². The minimum absolute atomic E-state index is 0.483. The lowest BCUT2D eigenvalue weighted by molar-refractivity contribution is 0.112. The van der Waals surface area contributed by atoms with Crippen LogP contribution in [-0.2, 0) is 0 Å².